The first-order valence-electron chi connectivity index (χ1n) is 9.17. The van der Waals surface area contributed by atoms with Gasteiger partial charge in [0, 0.05) is 23.0 Å². The first-order chi connectivity index (χ1) is 14.5. The number of fused-ring (bicyclic) bond motifs is 1. The van der Waals surface area contributed by atoms with Crippen LogP contribution >= 0.6 is 11.6 Å². The molecule has 9 heteroatoms. The quantitative estimate of drug-likeness (QED) is 0.610. The first kappa shape index (κ1) is 20.0. The lowest BCUT2D eigenvalue weighted by atomic mass is 10.0. The number of nitrogens with zero attached hydrogens (tertiary/aromatic N) is 2. The number of ether oxygens (including phenoxy) is 1. The fraction of sp³-hybridized carbons (Fsp3) is 0.190. The third-order valence-corrected chi connectivity index (χ3v) is 5.19. The van der Waals surface area contributed by atoms with Gasteiger partial charge in [-0.15, -0.1) is 0 Å². The summed E-state index contributed by atoms with van der Waals surface area (Å²) in [5.41, 5.74) is 1.76. The van der Waals surface area contributed by atoms with E-state index in [1.54, 1.807) is 6.07 Å². The van der Waals surface area contributed by atoms with Crippen molar-refractivity contribution in [3.63, 3.8) is 0 Å². The number of aromatic nitrogens is 2. The highest BCUT2D eigenvalue weighted by molar-refractivity contribution is 6.31. The van der Waals surface area contributed by atoms with Crippen molar-refractivity contribution in [1.29, 1.82) is 0 Å². The Morgan fingerprint density at radius 1 is 1.20 bits per heavy atom. The Hall–Kier alpha value is -3.26. The van der Waals surface area contributed by atoms with E-state index in [2.05, 4.69) is 20.6 Å². The van der Waals surface area contributed by atoms with E-state index in [9.17, 15) is 13.6 Å². The molecular weight excluding hydrogens is 414 g/mol. The largest absolute Gasteiger partial charge is 0.467 e. The van der Waals surface area contributed by atoms with E-state index in [1.165, 1.54) is 43.6 Å². The molecule has 0 bridgehead atoms. The molecule has 1 atom stereocenters. The number of halogens is 3. The third kappa shape index (κ3) is 3.91. The van der Waals surface area contributed by atoms with Crippen molar-refractivity contribution in [2.75, 3.05) is 17.7 Å². The number of carbonyl (C=O) groups excluding carboxylic acids is 1. The van der Waals surface area contributed by atoms with Gasteiger partial charge in [0.1, 0.15) is 17.5 Å². The molecule has 2 N–H and O–H groups in total. The maximum absolute atomic E-state index is 14.7. The fourth-order valence-corrected chi connectivity index (χ4v) is 3.72. The van der Waals surface area contributed by atoms with Gasteiger partial charge in [0.05, 0.1) is 18.2 Å². The van der Waals surface area contributed by atoms with Gasteiger partial charge in [0.25, 0.3) is 5.91 Å². The van der Waals surface area contributed by atoms with E-state index in [0.29, 0.717) is 41.0 Å². The summed E-state index contributed by atoms with van der Waals surface area (Å²) in [7, 11) is 1.46. The zero-order valence-corrected chi connectivity index (χ0v) is 16.6. The molecule has 0 spiro atoms. The average molecular weight is 431 g/mol. The number of amides is 1. The second kappa shape index (κ2) is 8.23. The number of rotatable bonds is 5. The number of hydrogen-bond donors (Lipinski definition) is 2. The SMILES string of the molecule is COc1nccc(NC2CCc3c(C(=O)Nc4ccc(F)c(Cl)c4)ccc(F)c32)n1. The number of methoxy groups -OCH3 is 1. The van der Waals surface area contributed by atoms with Crippen LogP contribution in [0.5, 0.6) is 6.01 Å². The van der Waals surface area contributed by atoms with E-state index in [0.717, 1.165) is 0 Å². The minimum absolute atomic E-state index is 0.0957. The Balaban J connectivity index is 1.60. The van der Waals surface area contributed by atoms with Crippen molar-refractivity contribution < 1.29 is 18.3 Å². The molecule has 1 aliphatic rings. The Labute approximate surface area is 176 Å². The first-order valence-corrected chi connectivity index (χ1v) is 9.55. The summed E-state index contributed by atoms with van der Waals surface area (Å²) in [6.07, 6.45) is 2.64. The lowest BCUT2D eigenvalue weighted by Crippen LogP contribution is -2.16. The summed E-state index contributed by atoms with van der Waals surface area (Å²) in [5, 5.41) is 5.77. The third-order valence-electron chi connectivity index (χ3n) is 4.90. The maximum atomic E-state index is 14.7. The topological polar surface area (TPSA) is 76.1 Å². The predicted octanol–water partition coefficient (Wildman–Crippen LogP) is 4.77. The molecule has 2 aromatic carbocycles. The zero-order chi connectivity index (χ0) is 21.3. The lowest BCUT2D eigenvalue weighted by molar-refractivity contribution is 0.102. The van der Waals surface area contributed by atoms with Gasteiger partial charge < -0.3 is 15.4 Å². The van der Waals surface area contributed by atoms with E-state index in [-0.39, 0.29) is 17.1 Å². The van der Waals surface area contributed by atoms with Crippen molar-refractivity contribution in [2.24, 2.45) is 0 Å². The fourth-order valence-electron chi connectivity index (χ4n) is 3.54. The van der Waals surface area contributed by atoms with Crippen LogP contribution in [0.4, 0.5) is 20.3 Å². The highest BCUT2D eigenvalue weighted by Crippen LogP contribution is 2.37. The van der Waals surface area contributed by atoms with Gasteiger partial charge in [-0.05, 0) is 54.8 Å². The Bertz CT molecular complexity index is 1130. The standard InChI is InChI=1S/C21H17ClF2N4O2/c1-30-21-25-9-8-18(28-21)27-17-7-4-12-13(3-6-16(24)19(12)17)20(29)26-11-2-5-15(23)14(22)10-11/h2-3,5-6,8-10,17H,4,7H2,1H3,(H,26,29)(H,25,27,28). The minimum Gasteiger partial charge on any atom is -0.467 e. The number of hydrogen-bond acceptors (Lipinski definition) is 5. The molecule has 6 nitrogen and oxygen atoms in total. The molecule has 1 unspecified atom stereocenters. The predicted molar refractivity (Wildman–Crippen MR) is 109 cm³/mol. The minimum atomic E-state index is -0.576. The summed E-state index contributed by atoms with van der Waals surface area (Å²) >= 11 is 5.77. The average Bonchev–Trinajstić information content (AvgIpc) is 3.15. The Morgan fingerprint density at radius 2 is 2.00 bits per heavy atom. The normalized spacial score (nSPS) is 14.9. The molecule has 0 saturated heterocycles. The number of anilines is 2. The number of benzene rings is 2. The smallest absolute Gasteiger partial charge is 0.318 e. The van der Waals surface area contributed by atoms with Crippen molar-refractivity contribution in [3.8, 4) is 6.01 Å². The van der Waals surface area contributed by atoms with Crippen LogP contribution in [0.1, 0.15) is 33.9 Å². The van der Waals surface area contributed by atoms with Gasteiger partial charge in [0.2, 0.25) is 0 Å². The summed E-state index contributed by atoms with van der Waals surface area (Å²) in [4.78, 5) is 20.9. The maximum Gasteiger partial charge on any atom is 0.318 e. The van der Waals surface area contributed by atoms with Crippen molar-refractivity contribution in [2.45, 2.75) is 18.9 Å². The number of carbonyl (C=O) groups is 1. The molecule has 30 heavy (non-hydrogen) atoms. The monoisotopic (exact) mass is 430 g/mol. The molecule has 0 radical (unpaired) electrons. The van der Waals surface area contributed by atoms with E-state index in [4.69, 9.17) is 16.3 Å². The lowest BCUT2D eigenvalue weighted by Gasteiger charge is -2.16. The molecule has 0 fully saturated rings. The summed E-state index contributed by atoms with van der Waals surface area (Å²) in [5.74, 6) is -0.900. The molecule has 0 aliphatic heterocycles. The van der Waals surface area contributed by atoms with Gasteiger partial charge in [-0.2, -0.15) is 4.98 Å². The van der Waals surface area contributed by atoms with Gasteiger partial charge >= 0.3 is 6.01 Å². The summed E-state index contributed by atoms with van der Waals surface area (Å²) in [6, 6.07) is 8.13. The van der Waals surface area contributed by atoms with E-state index >= 15 is 0 Å². The Kier molecular flexibility index (Phi) is 5.50. The van der Waals surface area contributed by atoms with Crippen LogP contribution in [0.25, 0.3) is 0 Å². The van der Waals surface area contributed by atoms with Gasteiger partial charge in [-0.3, -0.25) is 4.79 Å². The van der Waals surface area contributed by atoms with Gasteiger partial charge in [-0.1, -0.05) is 11.6 Å². The molecule has 154 valence electrons. The van der Waals surface area contributed by atoms with Gasteiger partial charge in [-0.25, -0.2) is 13.8 Å². The molecule has 3 aromatic rings. The zero-order valence-electron chi connectivity index (χ0n) is 15.9. The molecular formula is C21H17ClF2N4O2. The molecule has 4 rings (SSSR count). The summed E-state index contributed by atoms with van der Waals surface area (Å²) < 4.78 is 33.0. The van der Waals surface area contributed by atoms with Crippen LogP contribution in [0.3, 0.4) is 0 Å². The van der Waals surface area contributed by atoms with Crippen molar-refractivity contribution >= 4 is 29.0 Å². The highest BCUT2D eigenvalue weighted by atomic mass is 35.5. The van der Waals surface area contributed by atoms with Gasteiger partial charge in [0.15, 0.2) is 0 Å². The van der Waals surface area contributed by atoms with E-state index in [1.807, 2.05) is 0 Å². The second-order valence-corrected chi connectivity index (χ2v) is 7.14. The molecule has 1 amide bonds. The highest BCUT2D eigenvalue weighted by Gasteiger charge is 2.30. The van der Waals surface area contributed by atoms with E-state index < -0.39 is 17.5 Å². The van der Waals surface area contributed by atoms with Crippen LogP contribution in [0.15, 0.2) is 42.6 Å². The van der Waals surface area contributed by atoms with Crippen LogP contribution in [-0.4, -0.2) is 23.0 Å². The Morgan fingerprint density at radius 3 is 2.77 bits per heavy atom. The second-order valence-electron chi connectivity index (χ2n) is 6.73. The molecule has 0 saturated carbocycles. The number of nitrogens with one attached hydrogen (secondary N) is 2. The van der Waals surface area contributed by atoms with Crippen LogP contribution in [0, 0.1) is 11.6 Å². The van der Waals surface area contributed by atoms with Crippen LogP contribution in [0.2, 0.25) is 5.02 Å². The van der Waals surface area contributed by atoms with Crippen LogP contribution < -0.4 is 15.4 Å². The molecule has 1 aromatic heterocycles. The molecule has 1 aliphatic carbocycles. The van der Waals surface area contributed by atoms with Crippen LogP contribution in [-0.2, 0) is 6.42 Å². The molecule has 1 heterocycles. The summed E-state index contributed by atoms with van der Waals surface area (Å²) in [6.45, 7) is 0. The van der Waals surface area contributed by atoms with Crippen molar-refractivity contribution in [1.82, 2.24) is 9.97 Å². The van der Waals surface area contributed by atoms with Crippen molar-refractivity contribution in [3.05, 3.63) is 75.9 Å².